The lowest BCUT2D eigenvalue weighted by atomic mass is 10.1. The third-order valence-electron chi connectivity index (χ3n) is 9.38. The van der Waals surface area contributed by atoms with Crippen LogP contribution in [0.25, 0.3) is 21.8 Å². The molecular weight excluding hydrogens is 799 g/mol. The number of hydrogen-bond donors (Lipinski definition) is 1. The number of fused-ring (bicyclic) bond motifs is 2. The predicted molar refractivity (Wildman–Crippen MR) is 228 cm³/mol. The average Bonchev–Trinajstić information content (AvgIpc) is 3.80. The van der Waals surface area contributed by atoms with Crippen LogP contribution in [0.15, 0.2) is 122 Å². The van der Waals surface area contributed by atoms with Gasteiger partial charge in [-0.1, -0.05) is 51.3 Å². The quantitative estimate of drug-likeness (QED) is 0.129. The van der Waals surface area contributed by atoms with Crippen LogP contribution in [0.3, 0.4) is 0 Å². The van der Waals surface area contributed by atoms with Crippen LogP contribution in [0.2, 0.25) is 10.0 Å². The zero-order chi connectivity index (χ0) is 38.5. The fourth-order valence-electron chi connectivity index (χ4n) is 6.48. The maximum atomic E-state index is 6.21. The van der Waals surface area contributed by atoms with Gasteiger partial charge >= 0.3 is 0 Å². The number of alkyl halides is 1. The molecule has 0 radical (unpaired) electrons. The normalized spacial score (nSPS) is 19.2. The number of likely N-dealkylation sites (tertiary alicyclic amines) is 1. The molecule has 6 aromatic rings. The molecule has 2 aromatic heterocycles. The number of benzene rings is 4. The van der Waals surface area contributed by atoms with Gasteiger partial charge in [0.1, 0.15) is 40.8 Å². The summed E-state index contributed by atoms with van der Waals surface area (Å²) >= 11 is 15.1. The van der Waals surface area contributed by atoms with Gasteiger partial charge in [-0.3, -0.25) is 14.9 Å². The number of nitrogens with one attached hydrogen (secondary N) is 1. The third kappa shape index (κ3) is 12.4. The van der Waals surface area contributed by atoms with Crippen molar-refractivity contribution in [3.05, 3.63) is 132 Å². The van der Waals surface area contributed by atoms with Crippen LogP contribution >= 0.6 is 39.1 Å². The second-order valence-corrected chi connectivity index (χ2v) is 15.7. The first-order valence-corrected chi connectivity index (χ1v) is 20.4. The van der Waals surface area contributed by atoms with E-state index in [0.29, 0.717) is 13.2 Å². The third-order valence-corrected chi connectivity index (χ3v) is 10.2. The molecular formula is C44H47BrCl2N4O4. The predicted octanol–water partition coefficient (Wildman–Crippen LogP) is 10.3. The van der Waals surface area contributed by atoms with E-state index in [1.807, 2.05) is 103 Å². The largest absolute Gasteiger partial charge is 0.493 e. The molecule has 2 aliphatic rings. The van der Waals surface area contributed by atoms with E-state index < -0.39 is 0 Å². The first-order valence-electron chi connectivity index (χ1n) is 18.5. The van der Waals surface area contributed by atoms with Gasteiger partial charge in [0.2, 0.25) is 0 Å². The van der Waals surface area contributed by atoms with Crippen molar-refractivity contribution in [2.45, 2.75) is 37.9 Å². The van der Waals surface area contributed by atoms with E-state index in [1.54, 1.807) is 12.4 Å². The molecule has 0 aliphatic carbocycles. The molecule has 4 aromatic carbocycles. The smallest absolute Gasteiger partial charge is 0.121 e. The highest BCUT2D eigenvalue weighted by atomic mass is 79.9. The van der Waals surface area contributed by atoms with E-state index in [-0.39, 0.29) is 11.2 Å². The maximum Gasteiger partial charge on any atom is 0.121 e. The van der Waals surface area contributed by atoms with Crippen LogP contribution in [0.5, 0.6) is 23.0 Å². The molecule has 2 atom stereocenters. The fourth-order valence-corrected chi connectivity index (χ4v) is 6.89. The Morgan fingerprint density at radius 3 is 1.73 bits per heavy atom. The Morgan fingerprint density at radius 2 is 1.20 bits per heavy atom. The average molecular weight is 847 g/mol. The van der Waals surface area contributed by atoms with E-state index in [9.17, 15) is 0 Å². The lowest BCUT2D eigenvalue weighted by molar-refractivity contribution is 0.0935. The van der Waals surface area contributed by atoms with Crippen molar-refractivity contribution >= 4 is 60.9 Å². The van der Waals surface area contributed by atoms with Crippen LogP contribution in [-0.2, 0) is 0 Å². The Balaban J connectivity index is 0.000000155. The van der Waals surface area contributed by atoms with Crippen LogP contribution in [-0.4, -0.2) is 77.3 Å². The second kappa shape index (κ2) is 19.6. The number of rotatable bonds is 11. The molecule has 2 saturated heterocycles. The fraction of sp³-hybridized carbons (Fsp3) is 0.318. The van der Waals surface area contributed by atoms with Crippen LogP contribution < -0.4 is 24.3 Å². The summed E-state index contributed by atoms with van der Waals surface area (Å²) in [5.41, 5.74) is 1.69. The van der Waals surface area contributed by atoms with Gasteiger partial charge in [0.05, 0.1) is 17.6 Å². The topological polar surface area (TPSA) is 78.0 Å². The molecule has 0 saturated carbocycles. The van der Waals surface area contributed by atoms with Gasteiger partial charge in [-0.15, -0.1) is 0 Å². The number of nitrogens with zero attached hydrogens (tertiary/aromatic N) is 3. The SMILES string of the molecule is BrCCOc1ccc2cccnc2c1.CC1(Oc2ccc(Cl)cc2)CCN(CCOc2ccc3cccnc3c2)C1.CC1(Oc2ccc(Cl)cc2)CCNC1. The van der Waals surface area contributed by atoms with Crippen molar-refractivity contribution in [1.82, 2.24) is 20.2 Å². The van der Waals surface area contributed by atoms with Crippen molar-refractivity contribution in [2.24, 2.45) is 0 Å². The second-order valence-electron chi connectivity index (χ2n) is 14.1. The molecule has 4 heterocycles. The summed E-state index contributed by atoms with van der Waals surface area (Å²) in [7, 11) is 0. The summed E-state index contributed by atoms with van der Waals surface area (Å²) in [4.78, 5) is 11.0. The highest BCUT2D eigenvalue weighted by molar-refractivity contribution is 9.09. The van der Waals surface area contributed by atoms with Crippen molar-refractivity contribution < 1.29 is 18.9 Å². The van der Waals surface area contributed by atoms with Gasteiger partial charge in [-0.05, 0) is 105 Å². The Kier molecular flexibility index (Phi) is 14.5. The molecule has 0 spiro atoms. The van der Waals surface area contributed by atoms with Gasteiger partial charge in [0.25, 0.3) is 0 Å². The molecule has 55 heavy (non-hydrogen) atoms. The first kappa shape index (κ1) is 40.5. The summed E-state index contributed by atoms with van der Waals surface area (Å²) < 4.78 is 23.5. The van der Waals surface area contributed by atoms with E-state index in [4.69, 9.17) is 42.1 Å². The number of ether oxygens (including phenoxy) is 4. The molecule has 288 valence electrons. The molecule has 1 N–H and O–H groups in total. The molecule has 11 heteroatoms. The van der Waals surface area contributed by atoms with Gasteiger partial charge in [-0.2, -0.15) is 0 Å². The van der Waals surface area contributed by atoms with E-state index in [2.05, 4.69) is 56.0 Å². The minimum absolute atomic E-state index is 0.0617. The zero-order valence-electron chi connectivity index (χ0n) is 31.2. The molecule has 2 fully saturated rings. The lowest BCUT2D eigenvalue weighted by Crippen LogP contribution is -2.37. The Morgan fingerprint density at radius 1 is 0.673 bits per heavy atom. The minimum Gasteiger partial charge on any atom is -0.493 e. The Bertz CT molecular complexity index is 2100. The summed E-state index contributed by atoms with van der Waals surface area (Å²) in [6.07, 6.45) is 5.64. The highest BCUT2D eigenvalue weighted by Gasteiger charge is 2.35. The Hall–Kier alpha value is -4.12. The monoisotopic (exact) mass is 844 g/mol. The number of aromatic nitrogens is 2. The summed E-state index contributed by atoms with van der Waals surface area (Å²) in [6.45, 7) is 10.3. The summed E-state index contributed by atoms with van der Waals surface area (Å²) in [5, 5.41) is 7.86. The van der Waals surface area contributed by atoms with Gasteiger partial charge < -0.3 is 24.3 Å². The number of halogens is 3. The van der Waals surface area contributed by atoms with Crippen molar-refractivity contribution in [3.63, 3.8) is 0 Å². The molecule has 2 aliphatic heterocycles. The molecule has 0 amide bonds. The van der Waals surface area contributed by atoms with Crippen molar-refractivity contribution in [3.8, 4) is 23.0 Å². The standard InChI is InChI=1S/C22H23ClN2O2.C11H10BrNO.C11H14ClNO/c1-22(27-19-8-5-18(23)6-9-19)10-12-25(16-22)13-14-26-20-7-4-17-3-2-11-24-21(17)15-20;12-5-7-14-10-4-3-9-2-1-6-13-11(9)8-10;1-11(6-7-13-8-11)14-10-4-2-9(12)3-5-10/h2-9,11,15H,10,12-14,16H2,1H3;1-4,6,8H,5,7H2;2-5,13H,6-8H2,1H3. The molecule has 8 nitrogen and oxygen atoms in total. The van der Waals surface area contributed by atoms with Gasteiger partial charge in [-0.25, -0.2) is 0 Å². The molecule has 2 unspecified atom stereocenters. The highest BCUT2D eigenvalue weighted by Crippen LogP contribution is 2.29. The first-order chi connectivity index (χ1) is 26.7. The van der Waals surface area contributed by atoms with Gasteiger partial charge in [0.15, 0.2) is 0 Å². The van der Waals surface area contributed by atoms with E-state index in [0.717, 1.165) is 106 Å². The number of hydrogen-bond acceptors (Lipinski definition) is 8. The zero-order valence-corrected chi connectivity index (χ0v) is 34.3. The van der Waals surface area contributed by atoms with Crippen molar-refractivity contribution in [1.29, 1.82) is 0 Å². The van der Waals surface area contributed by atoms with Crippen LogP contribution in [0.1, 0.15) is 26.7 Å². The number of pyridine rings is 2. The molecule has 0 bridgehead atoms. The van der Waals surface area contributed by atoms with E-state index >= 15 is 0 Å². The summed E-state index contributed by atoms with van der Waals surface area (Å²) in [5.74, 6) is 3.49. The van der Waals surface area contributed by atoms with Crippen LogP contribution in [0, 0.1) is 0 Å². The minimum atomic E-state index is -0.180. The Labute approximate surface area is 342 Å². The lowest BCUT2D eigenvalue weighted by Gasteiger charge is -2.26. The maximum absolute atomic E-state index is 6.21. The summed E-state index contributed by atoms with van der Waals surface area (Å²) in [6, 6.07) is 35.0. The van der Waals surface area contributed by atoms with Crippen LogP contribution in [0.4, 0.5) is 0 Å². The van der Waals surface area contributed by atoms with Crippen molar-refractivity contribution in [2.75, 3.05) is 51.3 Å². The van der Waals surface area contributed by atoms with E-state index in [1.165, 1.54) is 0 Å². The molecule has 8 rings (SSSR count). The van der Waals surface area contributed by atoms with Gasteiger partial charge in [0, 0.05) is 89.7 Å².